The van der Waals surface area contributed by atoms with Crippen molar-refractivity contribution in [1.82, 2.24) is 4.98 Å². The minimum Gasteiger partial charge on any atom is -0.360 e. The number of carbonyl (C=O) groups is 2. The van der Waals surface area contributed by atoms with Crippen LogP contribution in [0.4, 0.5) is 0 Å². The van der Waals surface area contributed by atoms with Gasteiger partial charge in [-0.15, -0.1) is 0 Å². The number of carbonyl (C=O) groups excluding carboxylic acids is 2. The fourth-order valence-corrected chi connectivity index (χ4v) is 1.36. The second-order valence-electron chi connectivity index (χ2n) is 2.89. The van der Waals surface area contributed by atoms with E-state index in [1.165, 1.54) is 0 Å². The summed E-state index contributed by atoms with van der Waals surface area (Å²) in [5.74, 6) is 0.326. The van der Waals surface area contributed by atoms with E-state index in [-0.39, 0.29) is 11.5 Å². The van der Waals surface area contributed by atoms with Gasteiger partial charge in [0.05, 0.1) is 0 Å². The van der Waals surface area contributed by atoms with Crippen LogP contribution in [-0.2, 0) is 4.79 Å². The van der Waals surface area contributed by atoms with Gasteiger partial charge in [0.15, 0.2) is 5.78 Å². The molecule has 0 radical (unpaired) electrons. The molecule has 0 saturated heterocycles. The van der Waals surface area contributed by atoms with E-state index in [2.05, 4.69) is 16.6 Å². The van der Waals surface area contributed by atoms with Crippen LogP contribution in [0.5, 0.6) is 0 Å². The highest BCUT2D eigenvalue weighted by Gasteiger charge is 2.05. The first-order chi connectivity index (χ1) is 7.20. The summed E-state index contributed by atoms with van der Waals surface area (Å²) in [4.78, 5) is 22.7. The van der Waals surface area contributed by atoms with Crippen LogP contribution in [0.2, 0.25) is 0 Å². The summed E-state index contributed by atoms with van der Waals surface area (Å²) < 4.78 is 0. The van der Waals surface area contributed by atoms with Gasteiger partial charge < -0.3 is 4.98 Å². The topological polar surface area (TPSA) is 49.9 Å². The predicted molar refractivity (Wildman–Crippen MR) is 60.9 cm³/mol. The van der Waals surface area contributed by atoms with E-state index in [0.29, 0.717) is 0 Å². The molecule has 0 spiro atoms. The molecule has 15 heavy (non-hydrogen) atoms. The van der Waals surface area contributed by atoms with E-state index >= 15 is 0 Å². The Kier molecular flexibility index (Phi) is 4.06. The van der Waals surface area contributed by atoms with Gasteiger partial charge in [0.2, 0.25) is 5.75 Å². The number of nitrogens with one attached hydrogen (secondary N) is 1. The van der Waals surface area contributed by atoms with Crippen LogP contribution in [0, 0.1) is 0 Å². The molecule has 2 rings (SSSR count). The molecule has 0 atom stereocenters. The Bertz CT molecular complexity index is 476. The minimum absolute atomic E-state index is 0.104. The third-order valence-electron chi connectivity index (χ3n) is 1.97. The number of hydrogen-bond acceptors (Lipinski definition) is 2. The van der Waals surface area contributed by atoms with E-state index in [9.17, 15) is 4.79 Å². The zero-order valence-electron chi connectivity index (χ0n) is 8.16. The Labute approximate surface area is 92.0 Å². The van der Waals surface area contributed by atoms with Gasteiger partial charge in [-0.3, -0.25) is 9.59 Å². The predicted octanol–water partition coefficient (Wildman–Crippen LogP) is 2.79. The van der Waals surface area contributed by atoms with Crippen LogP contribution in [0.1, 0.15) is 17.3 Å². The van der Waals surface area contributed by atoms with Gasteiger partial charge in [-0.1, -0.05) is 18.2 Å². The van der Waals surface area contributed by atoms with Gasteiger partial charge in [-0.2, -0.15) is 0 Å². The number of halogens is 1. The van der Waals surface area contributed by atoms with Gasteiger partial charge in [0.1, 0.15) is 0 Å². The maximum atomic E-state index is 11.1. The Morgan fingerprint density at radius 3 is 2.60 bits per heavy atom. The fraction of sp³-hybridized carbons (Fsp3) is 0.0909. The van der Waals surface area contributed by atoms with Crippen molar-refractivity contribution in [2.24, 2.45) is 0 Å². The lowest BCUT2D eigenvalue weighted by Gasteiger charge is -1.90. The number of hydrogen-bond donors (Lipinski definition) is 1. The third kappa shape index (κ3) is 2.67. The molecule has 1 heterocycles. The average Bonchev–Trinajstić information content (AvgIpc) is 2.62. The second kappa shape index (κ2) is 5.32. The van der Waals surface area contributed by atoms with E-state index in [4.69, 9.17) is 4.79 Å². The Hall–Kier alpha value is -1.61. The van der Waals surface area contributed by atoms with Crippen LogP contribution < -0.4 is 0 Å². The van der Waals surface area contributed by atoms with Crippen molar-refractivity contribution in [2.75, 3.05) is 0 Å². The molecule has 0 saturated carbocycles. The van der Waals surface area contributed by atoms with Crippen LogP contribution >= 0.6 is 11.6 Å². The summed E-state index contributed by atoms with van der Waals surface area (Å²) in [6.45, 7) is 1.58. The quantitative estimate of drug-likeness (QED) is 0.459. The number of rotatable bonds is 1. The molecule has 0 aliphatic heterocycles. The SMILES string of the molecule is CC(=O)c1c[nH]c2ccccc12.O=CCl. The van der Waals surface area contributed by atoms with Gasteiger partial charge in [-0.05, 0) is 24.6 Å². The Balaban J connectivity index is 0.000000337. The summed E-state index contributed by atoms with van der Waals surface area (Å²) in [7, 11) is 0. The number of H-pyrrole nitrogens is 1. The van der Waals surface area contributed by atoms with Gasteiger partial charge in [0.25, 0.3) is 0 Å². The summed E-state index contributed by atoms with van der Waals surface area (Å²) in [5.41, 5.74) is 1.79. The molecule has 0 bridgehead atoms. The molecular weight excluding hydrogens is 214 g/mol. The number of fused-ring (bicyclic) bond motifs is 1. The van der Waals surface area contributed by atoms with Crippen LogP contribution in [-0.4, -0.2) is 16.5 Å². The molecule has 4 heteroatoms. The van der Waals surface area contributed by atoms with E-state index in [1.54, 1.807) is 13.1 Å². The number of benzene rings is 1. The van der Waals surface area contributed by atoms with Gasteiger partial charge >= 0.3 is 0 Å². The average molecular weight is 224 g/mol. The first-order valence-electron chi connectivity index (χ1n) is 4.31. The summed E-state index contributed by atoms with van der Waals surface area (Å²) >= 11 is 4.32. The lowest BCUT2D eigenvalue weighted by Crippen LogP contribution is -1.87. The molecule has 0 fully saturated rings. The first-order valence-corrected chi connectivity index (χ1v) is 4.75. The van der Waals surface area contributed by atoms with Crippen LogP contribution in [0.15, 0.2) is 30.5 Å². The lowest BCUT2D eigenvalue weighted by atomic mass is 10.1. The van der Waals surface area contributed by atoms with E-state index < -0.39 is 0 Å². The monoisotopic (exact) mass is 223 g/mol. The van der Waals surface area contributed by atoms with Crippen LogP contribution in [0.3, 0.4) is 0 Å². The van der Waals surface area contributed by atoms with Crippen molar-refractivity contribution in [1.29, 1.82) is 0 Å². The van der Waals surface area contributed by atoms with Crippen molar-refractivity contribution in [3.05, 3.63) is 36.0 Å². The minimum atomic E-state index is 0.104. The molecule has 1 aromatic carbocycles. The number of aromatic amines is 1. The normalized spacial score (nSPS) is 9.20. The third-order valence-corrected chi connectivity index (χ3v) is 1.97. The molecular formula is C11H10ClNO2. The number of aromatic nitrogens is 1. The molecule has 1 N–H and O–H groups in total. The highest BCUT2D eigenvalue weighted by molar-refractivity contribution is 6.54. The molecule has 0 aliphatic rings. The maximum Gasteiger partial charge on any atom is 0.208 e. The molecule has 78 valence electrons. The summed E-state index contributed by atoms with van der Waals surface area (Å²) in [6.07, 6.45) is 1.76. The second-order valence-corrected chi connectivity index (χ2v) is 3.07. The number of Topliss-reactive ketones (excluding diaryl/α,β-unsaturated/α-hetero) is 1. The molecule has 0 aliphatic carbocycles. The largest absolute Gasteiger partial charge is 0.360 e. The number of ketones is 1. The zero-order valence-corrected chi connectivity index (χ0v) is 8.91. The fourth-order valence-electron chi connectivity index (χ4n) is 1.36. The van der Waals surface area contributed by atoms with E-state index in [1.807, 2.05) is 24.3 Å². The van der Waals surface area contributed by atoms with Crippen molar-refractivity contribution in [2.45, 2.75) is 6.92 Å². The van der Waals surface area contributed by atoms with Crippen molar-refractivity contribution < 1.29 is 9.59 Å². The maximum absolute atomic E-state index is 11.1. The first kappa shape index (κ1) is 11.5. The standard InChI is InChI=1S/C10H9NO.CHClO/c1-7(12)9-6-11-10-5-3-2-4-8(9)10;2-1-3/h2-6,11H,1H3;1H. The Morgan fingerprint density at radius 1 is 1.40 bits per heavy atom. The zero-order chi connectivity index (χ0) is 11.3. The highest BCUT2D eigenvalue weighted by Crippen LogP contribution is 2.17. The highest BCUT2D eigenvalue weighted by atomic mass is 35.5. The van der Waals surface area contributed by atoms with E-state index in [0.717, 1.165) is 16.5 Å². The van der Waals surface area contributed by atoms with Crippen molar-refractivity contribution >= 4 is 34.0 Å². The molecule has 1 aromatic heterocycles. The summed E-state index contributed by atoms with van der Waals surface area (Å²) in [5, 5.41) is 1.00. The lowest BCUT2D eigenvalue weighted by molar-refractivity contribution is 0.101. The molecule has 3 nitrogen and oxygen atoms in total. The van der Waals surface area contributed by atoms with Gasteiger partial charge in [0, 0.05) is 22.7 Å². The van der Waals surface area contributed by atoms with Crippen molar-refractivity contribution in [3.8, 4) is 0 Å². The number of para-hydroxylation sites is 1. The Morgan fingerprint density at radius 2 is 2.00 bits per heavy atom. The molecule has 0 unspecified atom stereocenters. The van der Waals surface area contributed by atoms with Crippen LogP contribution in [0.25, 0.3) is 10.9 Å². The van der Waals surface area contributed by atoms with Gasteiger partial charge in [-0.25, -0.2) is 0 Å². The molecule has 2 aromatic rings. The summed E-state index contributed by atoms with van der Waals surface area (Å²) in [6, 6.07) is 7.79. The smallest absolute Gasteiger partial charge is 0.208 e. The van der Waals surface area contributed by atoms with Crippen molar-refractivity contribution in [3.63, 3.8) is 0 Å². The molecule has 0 amide bonds.